The van der Waals surface area contributed by atoms with Gasteiger partial charge in [0.15, 0.2) is 0 Å². The Bertz CT molecular complexity index is 409. The summed E-state index contributed by atoms with van der Waals surface area (Å²) >= 11 is 0. The van der Waals surface area contributed by atoms with Gasteiger partial charge in [-0.1, -0.05) is 0 Å². The lowest BCUT2D eigenvalue weighted by Gasteiger charge is -2.42. The Balaban J connectivity index is 1.89. The average Bonchev–Trinajstić information content (AvgIpc) is 2.55. The van der Waals surface area contributed by atoms with E-state index in [0.717, 1.165) is 0 Å². The van der Waals surface area contributed by atoms with E-state index < -0.39 is 24.5 Å². The molecule has 0 aliphatic carbocycles. The first-order valence-corrected chi connectivity index (χ1v) is 7.74. The van der Waals surface area contributed by atoms with Crippen molar-refractivity contribution in [2.75, 3.05) is 52.9 Å². The Kier molecular flexibility index (Phi) is 5.85. The number of rotatable bonds is 5. The standard InChI is InChI=1S/C14H23F4N3O2/c1-23-13(2-4-19-5-3-13)12(22)21-8-6-20(7-9-21)10-14(17,18)11(15)16/h11,19H,2-10H2,1H3. The monoisotopic (exact) mass is 341 g/mol. The smallest absolute Gasteiger partial charge is 0.319 e. The van der Waals surface area contributed by atoms with Gasteiger partial charge in [0.25, 0.3) is 5.91 Å². The van der Waals surface area contributed by atoms with E-state index in [1.807, 2.05) is 0 Å². The maximum Gasteiger partial charge on any atom is 0.319 e. The topological polar surface area (TPSA) is 44.8 Å². The van der Waals surface area contributed by atoms with E-state index in [1.165, 1.54) is 12.0 Å². The van der Waals surface area contributed by atoms with Crippen LogP contribution in [0.5, 0.6) is 0 Å². The van der Waals surface area contributed by atoms with Crippen LogP contribution in [-0.4, -0.2) is 86.6 Å². The van der Waals surface area contributed by atoms with Crippen LogP contribution in [0.15, 0.2) is 0 Å². The highest BCUT2D eigenvalue weighted by molar-refractivity contribution is 5.85. The predicted octanol–water partition coefficient (Wildman–Crippen LogP) is 0.800. The first kappa shape index (κ1) is 18.4. The van der Waals surface area contributed by atoms with Crippen molar-refractivity contribution in [3.8, 4) is 0 Å². The van der Waals surface area contributed by atoms with E-state index in [2.05, 4.69) is 5.32 Å². The molecule has 0 aromatic heterocycles. The number of nitrogens with one attached hydrogen (secondary N) is 1. The van der Waals surface area contributed by atoms with Crippen molar-refractivity contribution in [3.05, 3.63) is 0 Å². The molecule has 134 valence electrons. The van der Waals surface area contributed by atoms with Crippen LogP contribution in [0.2, 0.25) is 0 Å². The fourth-order valence-corrected chi connectivity index (χ4v) is 3.10. The second-order valence-corrected chi connectivity index (χ2v) is 6.08. The summed E-state index contributed by atoms with van der Waals surface area (Å²) in [5, 5.41) is 3.16. The van der Waals surface area contributed by atoms with Gasteiger partial charge in [0.05, 0.1) is 6.54 Å². The molecule has 2 aliphatic heterocycles. The maximum absolute atomic E-state index is 13.1. The van der Waals surface area contributed by atoms with E-state index in [0.29, 0.717) is 25.9 Å². The van der Waals surface area contributed by atoms with Crippen LogP contribution >= 0.6 is 0 Å². The normalized spacial score (nSPS) is 23.3. The molecule has 0 atom stereocenters. The van der Waals surface area contributed by atoms with E-state index in [-0.39, 0.29) is 32.1 Å². The zero-order valence-electron chi connectivity index (χ0n) is 13.2. The Hall–Kier alpha value is -0.930. The SMILES string of the molecule is COC1(C(=O)N2CCN(CC(F)(F)C(F)F)CC2)CCNCC1. The second-order valence-electron chi connectivity index (χ2n) is 6.08. The van der Waals surface area contributed by atoms with Gasteiger partial charge in [-0.05, 0) is 25.9 Å². The third-order valence-electron chi connectivity index (χ3n) is 4.60. The highest BCUT2D eigenvalue weighted by Gasteiger charge is 2.45. The van der Waals surface area contributed by atoms with Gasteiger partial charge in [-0.15, -0.1) is 0 Å². The number of nitrogens with zero attached hydrogens (tertiary/aromatic N) is 2. The van der Waals surface area contributed by atoms with Crippen LogP contribution in [0.4, 0.5) is 17.6 Å². The Morgan fingerprint density at radius 1 is 1.22 bits per heavy atom. The third kappa shape index (κ3) is 4.13. The number of hydrogen-bond donors (Lipinski definition) is 1. The molecule has 2 saturated heterocycles. The molecule has 0 spiro atoms. The van der Waals surface area contributed by atoms with Crippen LogP contribution in [-0.2, 0) is 9.53 Å². The molecule has 9 heteroatoms. The Labute approximate surface area is 132 Å². The lowest BCUT2D eigenvalue weighted by Crippen LogP contribution is -2.60. The highest BCUT2D eigenvalue weighted by atomic mass is 19.3. The van der Waals surface area contributed by atoms with Crippen LogP contribution in [0.1, 0.15) is 12.8 Å². The third-order valence-corrected chi connectivity index (χ3v) is 4.60. The number of carbonyl (C=O) groups is 1. The molecule has 0 aromatic carbocycles. The van der Waals surface area contributed by atoms with Gasteiger partial charge in [-0.25, -0.2) is 8.78 Å². The molecule has 2 heterocycles. The predicted molar refractivity (Wildman–Crippen MR) is 75.8 cm³/mol. The molecular weight excluding hydrogens is 318 g/mol. The van der Waals surface area contributed by atoms with E-state index in [4.69, 9.17) is 4.74 Å². The van der Waals surface area contributed by atoms with Crippen molar-refractivity contribution in [1.29, 1.82) is 0 Å². The lowest BCUT2D eigenvalue weighted by atomic mass is 9.90. The van der Waals surface area contributed by atoms with Crippen molar-refractivity contribution in [3.63, 3.8) is 0 Å². The largest absolute Gasteiger partial charge is 0.368 e. The molecule has 1 N–H and O–H groups in total. The molecule has 0 saturated carbocycles. The fourth-order valence-electron chi connectivity index (χ4n) is 3.10. The van der Waals surface area contributed by atoms with E-state index in [1.54, 1.807) is 4.90 Å². The van der Waals surface area contributed by atoms with Crippen molar-refractivity contribution < 1.29 is 27.1 Å². The first-order chi connectivity index (χ1) is 10.8. The number of alkyl halides is 4. The fraction of sp³-hybridized carbons (Fsp3) is 0.929. The molecule has 2 aliphatic rings. The van der Waals surface area contributed by atoms with Crippen LogP contribution in [0.25, 0.3) is 0 Å². The summed E-state index contributed by atoms with van der Waals surface area (Å²) in [6.07, 6.45) is -2.55. The number of amides is 1. The molecule has 0 unspecified atom stereocenters. The lowest BCUT2D eigenvalue weighted by molar-refractivity contribution is -0.163. The number of methoxy groups -OCH3 is 1. The molecule has 2 fully saturated rings. The molecular formula is C14H23F4N3O2. The molecule has 0 bridgehead atoms. The van der Waals surface area contributed by atoms with Gasteiger partial charge in [-0.3, -0.25) is 9.69 Å². The zero-order valence-corrected chi connectivity index (χ0v) is 13.2. The molecule has 23 heavy (non-hydrogen) atoms. The van der Waals surface area contributed by atoms with Crippen molar-refractivity contribution >= 4 is 5.91 Å². The number of piperidine rings is 1. The number of halogens is 4. The van der Waals surface area contributed by atoms with Gasteiger partial charge >= 0.3 is 12.3 Å². The van der Waals surface area contributed by atoms with Gasteiger partial charge in [0.1, 0.15) is 5.60 Å². The summed E-state index contributed by atoms with van der Waals surface area (Å²) < 4.78 is 56.2. The summed E-state index contributed by atoms with van der Waals surface area (Å²) in [6, 6.07) is 0. The van der Waals surface area contributed by atoms with E-state index >= 15 is 0 Å². The Morgan fingerprint density at radius 3 is 2.26 bits per heavy atom. The summed E-state index contributed by atoms with van der Waals surface area (Å²) in [5.41, 5.74) is -0.861. The minimum atomic E-state index is -4.02. The molecule has 0 radical (unpaired) electrons. The second kappa shape index (κ2) is 7.31. The van der Waals surface area contributed by atoms with Crippen LogP contribution < -0.4 is 5.32 Å². The molecule has 1 amide bonds. The summed E-state index contributed by atoms with van der Waals surface area (Å²) in [6.45, 7) is 1.19. The van der Waals surface area contributed by atoms with Gasteiger partial charge in [0.2, 0.25) is 0 Å². The quantitative estimate of drug-likeness (QED) is 0.752. The van der Waals surface area contributed by atoms with Gasteiger partial charge in [0, 0.05) is 33.3 Å². The highest BCUT2D eigenvalue weighted by Crippen LogP contribution is 2.27. The van der Waals surface area contributed by atoms with E-state index in [9.17, 15) is 22.4 Å². The minimum absolute atomic E-state index is 0.137. The summed E-state index contributed by atoms with van der Waals surface area (Å²) in [5.74, 6) is -4.16. The van der Waals surface area contributed by atoms with Crippen molar-refractivity contribution in [2.24, 2.45) is 0 Å². The first-order valence-electron chi connectivity index (χ1n) is 7.74. The zero-order chi connectivity index (χ0) is 17.1. The van der Waals surface area contributed by atoms with Crippen molar-refractivity contribution in [1.82, 2.24) is 15.1 Å². The van der Waals surface area contributed by atoms with Gasteiger partial charge < -0.3 is 15.0 Å². The molecule has 5 nitrogen and oxygen atoms in total. The van der Waals surface area contributed by atoms with Gasteiger partial charge in [-0.2, -0.15) is 8.78 Å². The van der Waals surface area contributed by atoms with Crippen LogP contribution in [0, 0.1) is 0 Å². The number of piperazine rings is 1. The van der Waals surface area contributed by atoms with Crippen molar-refractivity contribution in [2.45, 2.75) is 30.8 Å². The Morgan fingerprint density at radius 2 is 1.78 bits per heavy atom. The maximum atomic E-state index is 13.1. The summed E-state index contributed by atoms with van der Waals surface area (Å²) in [7, 11) is 1.50. The number of carbonyl (C=O) groups excluding carboxylic acids is 1. The van der Waals surface area contributed by atoms with Crippen LogP contribution in [0.3, 0.4) is 0 Å². The average molecular weight is 341 g/mol. The molecule has 2 rings (SSSR count). The molecule has 0 aromatic rings. The number of ether oxygens (including phenoxy) is 1. The summed E-state index contributed by atoms with van der Waals surface area (Å²) in [4.78, 5) is 15.6. The minimum Gasteiger partial charge on any atom is -0.368 e. The number of hydrogen-bond acceptors (Lipinski definition) is 4.